The molecule has 0 amide bonds. The molecule has 12 heteroatoms. The van der Waals surface area contributed by atoms with Gasteiger partial charge in [0.2, 0.25) is 15.2 Å². The first-order chi connectivity index (χ1) is 18.5. The Labute approximate surface area is 226 Å². The molecule has 0 radical (unpaired) electrons. The normalized spacial score (nSPS) is 11.6. The topological polar surface area (TPSA) is 128 Å². The molecule has 0 fully saturated rings. The molecule has 0 aliphatic heterocycles. The largest absolute Gasteiger partial charge is 0.476 e. The highest BCUT2D eigenvalue weighted by molar-refractivity contribution is 7.89. The molecule has 0 spiro atoms. The van der Waals surface area contributed by atoms with Crippen LogP contribution >= 0.6 is 11.3 Å². The highest BCUT2D eigenvalue weighted by atomic mass is 32.2. The van der Waals surface area contributed by atoms with Gasteiger partial charge >= 0.3 is 5.97 Å². The summed E-state index contributed by atoms with van der Waals surface area (Å²) in [6.45, 7) is 1.83. The summed E-state index contributed by atoms with van der Waals surface area (Å²) in [5.41, 5.74) is 4.37. The number of thiazole rings is 1. The van der Waals surface area contributed by atoms with Crippen molar-refractivity contribution in [1.82, 2.24) is 14.8 Å². The number of carboxylic acids is 1. The number of hydrogen-bond donors (Lipinski definition) is 2. The fourth-order valence-electron chi connectivity index (χ4n) is 4.15. The van der Waals surface area contributed by atoms with Gasteiger partial charge in [0.15, 0.2) is 5.69 Å². The van der Waals surface area contributed by atoms with Crippen LogP contribution in [-0.4, -0.2) is 34.3 Å². The van der Waals surface area contributed by atoms with E-state index in [1.165, 1.54) is 34.3 Å². The number of aryl methyl sites for hydroxylation is 1. The molecule has 3 N–H and O–H groups in total. The van der Waals surface area contributed by atoms with Crippen molar-refractivity contribution in [2.75, 3.05) is 0 Å². The van der Waals surface area contributed by atoms with Gasteiger partial charge < -0.3 is 5.11 Å². The van der Waals surface area contributed by atoms with Crippen LogP contribution in [0.25, 0.3) is 27.5 Å². The second-order valence-electron chi connectivity index (χ2n) is 8.82. The third kappa shape index (κ3) is 5.62. The van der Waals surface area contributed by atoms with Gasteiger partial charge in [-0.05, 0) is 59.5 Å². The lowest BCUT2D eigenvalue weighted by atomic mass is 9.95. The third-order valence-electron chi connectivity index (χ3n) is 6.03. The summed E-state index contributed by atoms with van der Waals surface area (Å²) in [7, 11) is -3.85. The molecule has 0 saturated carbocycles. The van der Waals surface area contributed by atoms with E-state index in [4.69, 9.17) is 5.14 Å². The Bertz CT molecular complexity index is 1810. The fourth-order valence-corrected chi connectivity index (χ4v) is 5.39. The van der Waals surface area contributed by atoms with Gasteiger partial charge in [-0.15, -0.1) is 11.3 Å². The number of halogens is 2. The summed E-state index contributed by atoms with van der Waals surface area (Å²) >= 11 is 1.11. The zero-order chi connectivity index (χ0) is 27.9. The molecule has 8 nitrogen and oxygen atoms in total. The van der Waals surface area contributed by atoms with E-state index in [0.29, 0.717) is 33.9 Å². The number of carboxylic acid groups (broad SMARTS) is 1. The first-order valence-electron chi connectivity index (χ1n) is 11.4. The zero-order valence-corrected chi connectivity index (χ0v) is 21.9. The summed E-state index contributed by atoms with van der Waals surface area (Å²) in [4.78, 5) is 15.5. The highest BCUT2D eigenvalue weighted by Crippen LogP contribution is 2.33. The molecule has 0 aliphatic rings. The van der Waals surface area contributed by atoms with Crippen LogP contribution in [-0.2, 0) is 16.4 Å². The van der Waals surface area contributed by atoms with Crippen LogP contribution in [0.5, 0.6) is 0 Å². The Kier molecular flexibility index (Phi) is 6.85. The smallest absolute Gasteiger partial charge is 0.355 e. The van der Waals surface area contributed by atoms with E-state index in [0.717, 1.165) is 34.1 Å². The van der Waals surface area contributed by atoms with Crippen molar-refractivity contribution in [2.24, 2.45) is 5.14 Å². The Hall–Kier alpha value is -4.26. The fraction of sp³-hybridized carbons (Fsp3) is 0.0741. The van der Waals surface area contributed by atoms with Crippen molar-refractivity contribution < 1.29 is 27.1 Å². The van der Waals surface area contributed by atoms with Crippen LogP contribution in [0.15, 0.2) is 77.1 Å². The first-order valence-corrected chi connectivity index (χ1v) is 13.9. The van der Waals surface area contributed by atoms with E-state index in [9.17, 15) is 27.1 Å². The van der Waals surface area contributed by atoms with Gasteiger partial charge in [0.25, 0.3) is 0 Å². The van der Waals surface area contributed by atoms with Gasteiger partial charge in [-0.25, -0.2) is 36.8 Å². The predicted molar refractivity (Wildman–Crippen MR) is 142 cm³/mol. The van der Waals surface area contributed by atoms with Crippen molar-refractivity contribution in [3.8, 4) is 27.5 Å². The van der Waals surface area contributed by atoms with E-state index in [-0.39, 0.29) is 10.6 Å². The molecule has 2 aromatic heterocycles. The minimum Gasteiger partial charge on any atom is -0.476 e. The van der Waals surface area contributed by atoms with E-state index in [1.807, 2.05) is 19.1 Å². The van der Waals surface area contributed by atoms with Crippen molar-refractivity contribution in [1.29, 1.82) is 0 Å². The molecule has 0 aliphatic carbocycles. The molecule has 0 atom stereocenters. The minimum absolute atomic E-state index is 0.0170. The molecule has 0 bridgehead atoms. The maximum Gasteiger partial charge on any atom is 0.355 e. The summed E-state index contributed by atoms with van der Waals surface area (Å²) in [5.74, 6) is -2.55. The molecular formula is C27H20F2N4O4S2. The van der Waals surface area contributed by atoms with Crippen LogP contribution in [0.1, 0.15) is 27.2 Å². The van der Waals surface area contributed by atoms with Crippen molar-refractivity contribution in [2.45, 2.75) is 18.2 Å². The maximum atomic E-state index is 14.0. The van der Waals surface area contributed by atoms with Gasteiger partial charge in [0, 0.05) is 35.2 Å². The standard InChI is InChI=1S/C27H20F2N4O4S2/c1-15-2-5-17(11-23(15)18-9-20(28)12-21(29)10-18)25-19(8-16-3-6-22(7-4-16)39(30,36)37)13-33(32-25)27-31-24(14-38-27)26(34)35/h2-7,9-14H,8H2,1H3,(H,34,35)(H2,30,36,37). The summed E-state index contributed by atoms with van der Waals surface area (Å²) in [6, 6.07) is 14.9. The number of carbonyl (C=O) groups is 1. The molecule has 3 aromatic carbocycles. The van der Waals surface area contributed by atoms with Crippen molar-refractivity contribution >= 4 is 27.3 Å². The number of benzene rings is 3. The zero-order valence-electron chi connectivity index (χ0n) is 20.3. The quantitative estimate of drug-likeness (QED) is 0.279. The molecule has 2 heterocycles. The average molecular weight is 567 g/mol. The third-order valence-corrected chi connectivity index (χ3v) is 7.79. The number of aromatic carboxylic acids is 1. The lowest BCUT2D eigenvalue weighted by Gasteiger charge is -2.10. The number of rotatable bonds is 7. The second-order valence-corrected chi connectivity index (χ2v) is 11.2. The maximum absolute atomic E-state index is 14.0. The van der Waals surface area contributed by atoms with Gasteiger partial charge in [0.1, 0.15) is 11.6 Å². The molecule has 198 valence electrons. The number of nitrogens with two attached hydrogens (primary N) is 1. The van der Waals surface area contributed by atoms with Gasteiger partial charge in [-0.2, -0.15) is 5.10 Å². The van der Waals surface area contributed by atoms with E-state index in [1.54, 1.807) is 24.4 Å². The summed E-state index contributed by atoms with van der Waals surface area (Å²) in [6.07, 6.45) is 2.06. The number of nitrogens with zero attached hydrogens (tertiary/aromatic N) is 3. The van der Waals surface area contributed by atoms with Crippen LogP contribution < -0.4 is 5.14 Å². The molecular weight excluding hydrogens is 546 g/mol. The average Bonchev–Trinajstić information content (AvgIpc) is 3.51. The molecule has 5 rings (SSSR count). The Morgan fingerprint density at radius 3 is 2.33 bits per heavy atom. The predicted octanol–water partition coefficient (Wildman–Crippen LogP) is 5.19. The lowest BCUT2D eigenvalue weighted by molar-refractivity contribution is 0.0691. The molecule has 5 aromatic rings. The summed E-state index contributed by atoms with van der Waals surface area (Å²) in [5, 5.41) is 20.9. The monoisotopic (exact) mass is 566 g/mol. The minimum atomic E-state index is -3.85. The number of primary sulfonamides is 1. The lowest BCUT2D eigenvalue weighted by Crippen LogP contribution is -2.11. The summed E-state index contributed by atoms with van der Waals surface area (Å²) < 4.78 is 52.7. The van der Waals surface area contributed by atoms with E-state index in [2.05, 4.69) is 10.1 Å². The molecule has 0 saturated heterocycles. The Morgan fingerprint density at radius 2 is 1.72 bits per heavy atom. The SMILES string of the molecule is Cc1ccc(-c2nn(-c3nc(C(=O)O)cs3)cc2Cc2ccc(S(N)(=O)=O)cc2)cc1-c1cc(F)cc(F)c1. The second kappa shape index (κ2) is 10.1. The number of hydrogen-bond acceptors (Lipinski definition) is 6. The first kappa shape index (κ1) is 26.4. The number of sulfonamides is 1. The molecule has 39 heavy (non-hydrogen) atoms. The van der Waals surface area contributed by atoms with Crippen molar-refractivity contribution in [3.63, 3.8) is 0 Å². The van der Waals surface area contributed by atoms with Crippen LogP contribution in [0.2, 0.25) is 0 Å². The van der Waals surface area contributed by atoms with Gasteiger partial charge in [-0.3, -0.25) is 0 Å². The van der Waals surface area contributed by atoms with Crippen LogP contribution in [0.4, 0.5) is 8.78 Å². The van der Waals surface area contributed by atoms with Gasteiger partial charge in [-0.1, -0.05) is 24.3 Å². The van der Waals surface area contributed by atoms with E-state index >= 15 is 0 Å². The highest BCUT2D eigenvalue weighted by Gasteiger charge is 2.18. The van der Waals surface area contributed by atoms with E-state index < -0.39 is 27.6 Å². The Morgan fingerprint density at radius 1 is 1.03 bits per heavy atom. The van der Waals surface area contributed by atoms with Crippen LogP contribution in [0.3, 0.4) is 0 Å². The van der Waals surface area contributed by atoms with Gasteiger partial charge in [0.05, 0.1) is 10.6 Å². The Balaban J connectivity index is 1.62. The number of aromatic nitrogens is 3. The molecule has 0 unspecified atom stereocenters. The van der Waals surface area contributed by atoms with Crippen molar-refractivity contribution in [3.05, 3.63) is 106 Å². The van der Waals surface area contributed by atoms with Crippen LogP contribution in [0, 0.1) is 18.6 Å².